The summed E-state index contributed by atoms with van der Waals surface area (Å²) in [5.74, 6) is -2.36. The van der Waals surface area contributed by atoms with Gasteiger partial charge in [-0.3, -0.25) is 0 Å². The molecule has 0 heterocycles. The van der Waals surface area contributed by atoms with Gasteiger partial charge >= 0.3 is 59.1 Å². The fourth-order valence-electron chi connectivity index (χ4n) is 1.35. The zero-order valence-electron chi connectivity index (χ0n) is 16.4. The molecule has 0 saturated carbocycles. The van der Waals surface area contributed by atoms with Gasteiger partial charge < -0.3 is 19.8 Å². The van der Waals surface area contributed by atoms with E-state index < -0.39 is 11.9 Å². The maximum atomic E-state index is 10.5. The molecule has 0 radical (unpaired) electrons. The fraction of sp³-hybridized carbons (Fsp3) is 0.200. The third-order valence-electron chi connectivity index (χ3n) is 2.88. The van der Waals surface area contributed by atoms with E-state index in [9.17, 15) is 19.8 Å². The fourth-order valence-corrected chi connectivity index (χ4v) is 1.35. The molecule has 0 rings (SSSR count). The summed E-state index contributed by atoms with van der Waals surface area (Å²) in [5.41, 5.74) is 2.26. The minimum Gasteiger partial charge on any atom is -0.545 e. The van der Waals surface area contributed by atoms with Crippen LogP contribution in [0.15, 0.2) is 83.1 Å². The molecule has 0 fully saturated rings. The first-order valence-corrected chi connectivity index (χ1v) is 7.38. The monoisotopic (exact) mass is 372 g/mol. The van der Waals surface area contributed by atoms with Gasteiger partial charge in [0.25, 0.3) is 0 Å². The third kappa shape index (κ3) is 16.6. The molecule has 128 valence electrons. The summed E-state index contributed by atoms with van der Waals surface area (Å²) in [6.07, 6.45) is 17.3. The zero-order chi connectivity index (χ0) is 18.5. The summed E-state index contributed by atoms with van der Waals surface area (Å²) in [4.78, 5) is 21.0. The van der Waals surface area contributed by atoms with Gasteiger partial charge in [0.15, 0.2) is 0 Å². The largest absolute Gasteiger partial charge is 1.00 e. The Hall–Kier alpha value is -0.880. The van der Waals surface area contributed by atoms with Gasteiger partial charge in [0.2, 0.25) is 0 Å². The molecular formula is C20H22Na2O4. The number of carboxylic acid groups (broad SMARTS) is 2. The van der Waals surface area contributed by atoms with E-state index in [0.717, 1.165) is 11.1 Å². The second kappa shape index (κ2) is 17.5. The zero-order valence-corrected chi connectivity index (χ0v) is 20.4. The number of aliphatic carboxylic acids is 2. The molecule has 0 aromatic rings. The van der Waals surface area contributed by atoms with Crippen LogP contribution in [0.3, 0.4) is 0 Å². The van der Waals surface area contributed by atoms with E-state index in [1.165, 1.54) is 26.0 Å². The topological polar surface area (TPSA) is 80.3 Å². The van der Waals surface area contributed by atoms with E-state index in [0.29, 0.717) is 0 Å². The molecule has 0 bridgehead atoms. The molecule has 0 aliphatic rings. The molecule has 0 saturated heterocycles. The third-order valence-corrected chi connectivity index (χ3v) is 2.88. The summed E-state index contributed by atoms with van der Waals surface area (Å²) >= 11 is 0. The van der Waals surface area contributed by atoms with Gasteiger partial charge in [-0.2, -0.15) is 0 Å². The normalized spacial score (nSPS) is 13.8. The standard InChI is InChI=1S/C20H24O4.2Na/c1-15(11-7-13-17(3)19(21)22)9-5-6-10-16(2)12-8-14-18(4)20(23)24;;/h5-14H,1-4H3,(H,21,22)(H,23,24);;/q;2*+1/p-2/b6-5+,11-7+,12-8+,15-9+,16-10+,17-13-,18-14+;;. The quantitative estimate of drug-likeness (QED) is 0.247. The predicted molar refractivity (Wildman–Crippen MR) is 92.5 cm³/mol. The summed E-state index contributed by atoms with van der Waals surface area (Å²) in [5, 5.41) is 21.0. The molecular weight excluding hydrogens is 350 g/mol. The minimum absolute atomic E-state index is 0. The number of carboxylic acids is 2. The summed E-state index contributed by atoms with van der Waals surface area (Å²) in [7, 11) is 0. The number of hydrogen-bond acceptors (Lipinski definition) is 4. The molecule has 0 spiro atoms. The van der Waals surface area contributed by atoms with E-state index >= 15 is 0 Å². The van der Waals surface area contributed by atoms with Crippen LogP contribution in [0, 0.1) is 0 Å². The van der Waals surface area contributed by atoms with Crippen LogP contribution in [-0.4, -0.2) is 11.9 Å². The number of allylic oxidation sites excluding steroid dienone is 12. The number of rotatable bonds is 8. The molecule has 4 nitrogen and oxygen atoms in total. The van der Waals surface area contributed by atoms with Crippen molar-refractivity contribution >= 4 is 11.9 Å². The summed E-state index contributed by atoms with van der Waals surface area (Å²) in [6, 6.07) is 0. The van der Waals surface area contributed by atoms with Crippen molar-refractivity contribution in [3.63, 3.8) is 0 Å². The molecule has 0 aromatic heterocycles. The van der Waals surface area contributed by atoms with Crippen LogP contribution >= 0.6 is 0 Å². The molecule has 0 aliphatic carbocycles. The van der Waals surface area contributed by atoms with Gasteiger partial charge in [-0.15, -0.1) is 0 Å². The van der Waals surface area contributed by atoms with Crippen molar-refractivity contribution in [2.75, 3.05) is 0 Å². The average Bonchev–Trinajstić information content (AvgIpc) is 2.51. The first-order valence-electron chi connectivity index (χ1n) is 7.38. The Kier molecular flexibility index (Phi) is 20.1. The van der Waals surface area contributed by atoms with Crippen LogP contribution in [0.1, 0.15) is 27.7 Å². The van der Waals surface area contributed by atoms with Crippen LogP contribution in [0.2, 0.25) is 0 Å². The van der Waals surface area contributed by atoms with Crippen LogP contribution in [0.25, 0.3) is 0 Å². The van der Waals surface area contributed by atoms with Crippen LogP contribution in [0.5, 0.6) is 0 Å². The van der Waals surface area contributed by atoms with Crippen molar-refractivity contribution in [1.29, 1.82) is 0 Å². The SMILES string of the molecule is C/C(=C/C=C/C(C)=C/C=C/C=C(C)/C=C/C=C(\C)C(=O)[O-])C(=O)[O-].[Na+].[Na+]. The van der Waals surface area contributed by atoms with E-state index in [4.69, 9.17) is 0 Å². The van der Waals surface area contributed by atoms with Gasteiger partial charge in [0.1, 0.15) is 0 Å². The number of hydrogen-bond donors (Lipinski definition) is 0. The van der Waals surface area contributed by atoms with Crippen molar-refractivity contribution in [3.8, 4) is 0 Å². The van der Waals surface area contributed by atoms with Gasteiger partial charge in [0, 0.05) is 0 Å². The van der Waals surface area contributed by atoms with Crippen molar-refractivity contribution in [3.05, 3.63) is 83.1 Å². The first kappa shape index (κ1) is 29.9. The molecule has 0 amide bonds. The molecule has 0 atom stereocenters. The number of carbonyl (C=O) groups excluding carboxylic acids is 2. The minimum atomic E-state index is -1.18. The van der Waals surface area contributed by atoms with E-state index in [-0.39, 0.29) is 70.3 Å². The maximum absolute atomic E-state index is 10.5. The van der Waals surface area contributed by atoms with Crippen LogP contribution < -0.4 is 69.3 Å². The molecule has 0 aromatic carbocycles. The van der Waals surface area contributed by atoms with E-state index in [1.807, 2.05) is 38.2 Å². The molecule has 6 heteroatoms. The number of carbonyl (C=O) groups is 2. The Morgan fingerprint density at radius 1 is 0.577 bits per heavy atom. The first-order chi connectivity index (χ1) is 11.2. The van der Waals surface area contributed by atoms with Crippen LogP contribution in [0.4, 0.5) is 0 Å². The van der Waals surface area contributed by atoms with Crippen molar-refractivity contribution < 1.29 is 78.9 Å². The summed E-state index contributed by atoms with van der Waals surface area (Å²) < 4.78 is 0. The maximum Gasteiger partial charge on any atom is 1.00 e. The van der Waals surface area contributed by atoms with Crippen molar-refractivity contribution in [2.24, 2.45) is 0 Å². The summed E-state index contributed by atoms with van der Waals surface area (Å²) in [6.45, 7) is 6.74. The molecule has 0 N–H and O–H groups in total. The van der Waals surface area contributed by atoms with Gasteiger partial charge in [-0.1, -0.05) is 71.9 Å². The molecule has 0 unspecified atom stereocenters. The van der Waals surface area contributed by atoms with Crippen LogP contribution in [-0.2, 0) is 9.59 Å². The Balaban J connectivity index is -0.00000264. The smallest absolute Gasteiger partial charge is 0.545 e. The Morgan fingerprint density at radius 2 is 0.885 bits per heavy atom. The van der Waals surface area contributed by atoms with E-state index in [2.05, 4.69) is 0 Å². The average molecular weight is 372 g/mol. The van der Waals surface area contributed by atoms with Gasteiger partial charge in [0.05, 0.1) is 11.9 Å². The Morgan fingerprint density at radius 3 is 1.15 bits per heavy atom. The second-order valence-corrected chi connectivity index (χ2v) is 5.20. The van der Waals surface area contributed by atoms with Gasteiger partial charge in [-0.05, 0) is 38.8 Å². The second-order valence-electron chi connectivity index (χ2n) is 5.20. The Bertz CT molecular complexity index is 618. The van der Waals surface area contributed by atoms with Crippen molar-refractivity contribution in [2.45, 2.75) is 27.7 Å². The molecule has 26 heavy (non-hydrogen) atoms. The Labute approximate surface area is 200 Å². The predicted octanol–water partition coefficient (Wildman–Crippen LogP) is -4.05. The molecule has 0 aliphatic heterocycles. The van der Waals surface area contributed by atoms with E-state index in [1.54, 1.807) is 24.3 Å². The van der Waals surface area contributed by atoms with Gasteiger partial charge in [-0.25, -0.2) is 0 Å². The van der Waals surface area contributed by atoms with Crippen molar-refractivity contribution in [1.82, 2.24) is 0 Å².